The summed E-state index contributed by atoms with van der Waals surface area (Å²) in [5.41, 5.74) is 1.35. The molecule has 1 atom stereocenters. The lowest BCUT2D eigenvalue weighted by molar-refractivity contribution is -0.148. The summed E-state index contributed by atoms with van der Waals surface area (Å²) < 4.78 is 6.51. The molecule has 7 nitrogen and oxygen atoms in total. The van der Waals surface area contributed by atoms with Gasteiger partial charge >= 0.3 is 5.97 Å². The zero-order valence-corrected chi connectivity index (χ0v) is 27.4. The molecule has 0 spiro atoms. The van der Waals surface area contributed by atoms with Crippen molar-refractivity contribution in [2.24, 2.45) is 5.92 Å². The van der Waals surface area contributed by atoms with Gasteiger partial charge in [-0.3, -0.25) is 14.5 Å². The summed E-state index contributed by atoms with van der Waals surface area (Å²) >= 11 is 7.62. The average Bonchev–Trinajstić information content (AvgIpc) is 3.41. The van der Waals surface area contributed by atoms with Crippen LogP contribution in [0.1, 0.15) is 75.2 Å². The van der Waals surface area contributed by atoms with Gasteiger partial charge in [0, 0.05) is 34.1 Å². The minimum Gasteiger partial charge on any atom is -0.464 e. The van der Waals surface area contributed by atoms with Gasteiger partial charge in [-0.15, -0.1) is 11.3 Å². The van der Waals surface area contributed by atoms with Crippen LogP contribution >= 0.6 is 22.9 Å². The molecule has 1 aliphatic rings. The predicted octanol–water partition coefficient (Wildman–Crippen LogP) is 6.90. The molecule has 9 heteroatoms. The van der Waals surface area contributed by atoms with Gasteiger partial charge in [0.1, 0.15) is 6.04 Å². The molecule has 2 aromatic carbocycles. The standard InChI is InChI=1S/C35H46ClN3O4S/c1-2-3-4-8-21-43-35(42)31(38-34(41)24-30-22-28-11-12-29(36)23-32(28)44-30)13-14-33(40)37-18-15-26-16-19-39(20-17-26)25-27-9-6-5-7-10-27/h5-7,9-12,22-23,26,31H,2-4,8,13-21,24-25H2,1H3,(H,37,40)(H,38,41). The molecule has 44 heavy (non-hydrogen) atoms. The number of amides is 2. The minimum atomic E-state index is -0.864. The molecule has 0 saturated carbocycles. The molecule has 238 valence electrons. The summed E-state index contributed by atoms with van der Waals surface area (Å²) in [7, 11) is 0. The van der Waals surface area contributed by atoms with Crippen molar-refractivity contribution in [1.82, 2.24) is 15.5 Å². The highest BCUT2D eigenvalue weighted by molar-refractivity contribution is 7.19. The number of hydrogen-bond acceptors (Lipinski definition) is 6. The second kappa shape index (κ2) is 18.1. The number of halogens is 1. The summed E-state index contributed by atoms with van der Waals surface area (Å²) in [5.74, 6) is -0.257. The molecule has 2 N–H and O–H groups in total. The van der Waals surface area contributed by atoms with Crippen molar-refractivity contribution in [3.8, 4) is 0 Å². The lowest BCUT2D eigenvalue weighted by atomic mass is 9.93. The number of likely N-dealkylation sites (tertiary alicyclic amines) is 1. The molecule has 4 rings (SSSR count). The first-order valence-electron chi connectivity index (χ1n) is 16.1. The summed E-state index contributed by atoms with van der Waals surface area (Å²) in [6, 6.07) is 17.3. The van der Waals surface area contributed by atoms with Gasteiger partial charge in [-0.25, -0.2) is 4.79 Å². The fourth-order valence-corrected chi connectivity index (χ4v) is 7.00. The third-order valence-electron chi connectivity index (χ3n) is 8.22. The van der Waals surface area contributed by atoms with Crippen LogP contribution in [-0.2, 0) is 32.1 Å². The van der Waals surface area contributed by atoms with E-state index in [0.717, 1.165) is 79.5 Å². The highest BCUT2D eigenvalue weighted by atomic mass is 35.5. The Balaban J connectivity index is 1.20. The Labute approximate surface area is 270 Å². The minimum absolute atomic E-state index is 0.108. The lowest BCUT2D eigenvalue weighted by Crippen LogP contribution is -2.43. The number of benzene rings is 2. The maximum atomic E-state index is 13.0. The lowest BCUT2D eigenvalue weighted by Gasteiger charge is -2.32. The average molecular weight is 640 g/mol. The predicted molar refractivity (Wildman–Crippen MR) is 179 cm³/mol. The Kier molecular flexibility index (Phi) is 14.0. The Morgan fingerprint density at radius 2 is 1.82 bits per heavy atom. The number of carbonyl (C=O) groups excluding carboxylic acids is 3. The van der Waals surface area contributed by atoms with E-state index in [1.807, 2.05) is 30.3 Å². The fourth-order valence-electron chi connectivity index (χ4n) is 5.66. The van der Waals surface area contributed by atoms with Crippen LogP contribution in [0.4, 0.5) is 0 Å². The van der Waals surface area contributed by atoms with Crippen LogP contribution in [0.5, 0.6) is 0 Å². The van der Waals surface area contributed by atoms with Gasteiger partial charge in [0.15, 0.2) is 0 Å². The molecule has 0 bridgehead atoms. The summed E-state index contributed by atoms with van der Waals surface area (Å²) in [4.78, 5) is 42.0. The Bertz CT molecular complexity index is 1340. The van der Waals surface area contributed by atoms with E-state index >= 15 is 0 Å². The monoisotopic (exact) mass is 639 g/mol. The first-order chi connectivity index (χ1) is 21.4. The molecule has 1 aromatic heterocycles. The van der Waals surface area contributed by atoms with Gasteiger partial charge < -0.3 is 15.4 Å². The van der Waals surface area contributed by atoms with E-state index in [9.17, 15) is 14.4 Å². The zero-order chi connectivity index (χ0) is 31.1. The molecule has 1 fully saturated rings. The van der Waals surface area contributed by atoms with Crippen molar-refractivity contribution < 1.29 is 19.1 Å². The number of nitrogens with one attached hydrogen (secondary N) is 2. The molecular weight excluding hydrogens is 594 g/mol. The molecule has 1 aliphatic heterocycles. The number of carbonyl (C=O) groups is 3. The number of thiophene rings is 1. The quantitative estimate of drug-likeness (QED) is 0.124. The number of esters is 1. The van der Waals surface area contributed by atoms with Crippen molar-refractivity contribution in [3.05, 3.63) is 70.1 Å². The largest absolute Gasteiger partial charge is 0.464 e. The topological polar surface area (TPSA) is 87.7 Å². The highest BCUT2D eigenvalue weighted by Crippen LogP contribution is 2.28. The second-order valence-corrected chi connectivity index (χ2v) is 13.4. The van der Waals surface area contributed by atoms with E-state index in [1.165, 1.54) is 16.9 Å². The zero-order valence-electron chi connectivity index (χ0n) is 25.8. The van der Waals surface area contributed by atoms with Crippen molar-refractivity contribution >= 4 is 50.8 Å². The highest BCUT2D eigenvalue weighted by Gasteiger charge is 2.24. The van der Waals surface area contributed by atoms with E-state index in [-0.39, 0.29) is 31.1 Å². The van der Waals surface area contributed by atoms with Crippen LogP contribution in [-0.4, -0.2) is 55.0 Å². The Morgan fingerprint density at radius 1 is 1.02 bits per heavy atom. The van der Waals surface area contributed by atoms with Crippen LogP contribution < -0.4 is 10.6 Å². The fraction of sp³-hybridized carbons (Fsp3) is 0.514. The number of fused-ring (bicyclic) bond motifs is 1. The summed E-state index contributed by atoms with van der Waals surface area (Å²) in [6.07, 6.45) is 7.67. The van der Waals surface area contributed by atoms with Crippen LogP contribution in [0.25, 0.3) is 10.1 Å². The third-order valence-corrected chi connectivity index (χ3v) is 9.55. The van der Waals surface area contributed by atoms with Crippen LogP contribution in [0, 0.1) is 5.92 Å². The van der Waals surface area contributed by atoms with Crippen LogP contribution in [0.15, 0.2) is 54.6 Å². The van der Waals surface area contributed by atoms with E-state index < -0.39 is 12.0 Å². The van der Waals surface area contributed by atoms with Crippen LogP contribution in [0.2, 0.25) is 5.02 Å². The molecule has 2 heterocycles. The van der Waals surface area contributed by atoms with Gasteiger partial charge in [-0.05, 0) is 80.3 Å². The summed E-state index contributed by atoms with van der Waals surface area (Å²) in [6.45, 7) is 6.21. The van der Waals surface area contributed by atoms with Gasteiger partial charge in [0.05, 0.1) is 13.0 Å². The van der Waals surface area contributed by atoms with Crippen molar-refractivity contribution in [1.29, 1.82) is 0 Å². The maximum Gasteiger partial charge on any atom is 0.328 e. The van der Waals surface area contributed by atoms with E-state index in [0.29, 0.717) is 24.1 Å². The molecule has 2 amide bonds. The molecule has 0 aliphatic carbocycles. The SMILES string of the molecule is CCCCCCOC(=O)C(CCC(=O)NCCC1CCN(Cc2ccccc2)CC1)NC(=O)Cc1cc2ccc(Cl)cc2s1. The molecule has 3 aromatic rings. The van der Waals surface area contributed by atoms with E-state index in [2.05, 4.69) is 46.7 Å². The van der Waals surface area contributed by atoms with Gasteiger partial charge in [0.25, 0.3) is 0 Å². The number of unbranched alkanes of at least 4 members (excludes halogenated alkanes) is 3. The number of hydrogen-bond donors (Lipinski definition) is 2. The first kappa shape index (κ1) is 33.9. The third kappa shape index (κ3) is 11.5. The van der Waals surface area contributed by atoms with Crippen LogP contribution in [0.3, 0.4) is 0 Å². The van der Waals surface area contributed by atoms with Crippen molar-refractivity contribution in [2.75, 3.05) is 26.2 Å². The smallest absolute Gasteiger partial charge is 0.328 e. The van der Waals surface area contributed by atoms with E-state index in [1.54, 1.807) is 0 Å². The van der Waals surface area contributed by atoms with Crippen molar-refractivity contribution in [3.63, 3.8) is 0 Å². The molecule has 0 radical (unpaired) electrons. The van der Waals surface area contributed by atoms with Gasteiger partial charge in [-0.1, -0.05) is 74.2 Å². The normalized spacial score (nSPS) is 14.8. The number of nitrogens with zero attached hydrogens (tertiary/aromatic N) is 1. The maximum absolute atomic E-state index is 13.0. The summed E-state index contributed by atoms with van der Waals surface area (Å²) in [5, 5.41) is 7.55. The number of rotatable bonds is 17. The van der Waals surface area contributed by atoms with Gasteiger partial charge in [0.2, 0.25) is 11.8 Å². The van der Waals surface area contributed by atoms with E-state index in [4.69, 9.17) is 16.3 Å². The molecular formula is C35H46ClN3O4S. The first-order valence-corrected chi connectivity index (χ1v) is 17.3. The molecule has 1 unspecified atom stereocenters. The number of piperidine rings is 1. The number of ether oxygens (including phenoxy) is 1. The Morgan fingerprint density at radius 3 is 2.59 bits per heavy atom. The second-order valence-electron chi connectivity index (χ2n) is 11.8. The molecule has 1 saturated heterocycles. The van der Waals surface area contributed by atoms with Gasteiger partial charge in [-0.2, -0.15) is 0 Å². The Hall–Kier alpha value is -2.94. The van der Waals surface area contributed by atoms with Crippen molar-refractivity contribution in [2.45, 2.75) is 83.7 Å².